The van der Waals surface area contributed by atoms with E-state index < -0.39 is 34.6 Å². The van der Waals surface area contributed by atoms with Crippen molar-refractivity contribution in [3.05, 3.63) is 23.8 Å². The summed E-state index contributed by atoms with van der Waals surface area (Å²) in [5.74, 6) is -2.13. The number of rotatable bonds is 6. The van der Waals surface area contributed by atoms with Gasteiger partial charge in [-0.05, 0) is 68.9 Å². The van der Waals surface area contributed by atoms with E-state index in [-0.39, 0.29) is 48.3 Å². The first kappa shape index (κ1) is 25.2. The Morgan fingerprint density at radius 3 is 2.25 bits per heavy atom. The minimum atomic E-state index is -1.58. The zero-order valence-electron chi connectivity index (χ0n) is 22.0. The average molecular weight is 499 g/mol. The molecule has 8 atom stereocenters. The fourth-order valence-corrected chi connectivity index (χ4v) is 8.70. The highest BCUT2D eigenvalue weighted by Crippen LogP contribution is 2.76. The lowest BCUT2D eigenvalue weighted by Crippen LogP contribution is -2.51. The molecule has 0 radical (unpaired) electrons. The van der Waals surface area contributed by atoms with Crippen LogP contribution >= 0.6 is 0 Å². The van der Waals surface area contributed by atoms with E-state index >= 15 is 0 Å². The molecule has 8 unspecified atom stereocenters. The van der Waals surface area contributed by atoms with Crippen LogP contribution in [0.25, 0.3) is 0 Å². The van der Waals surface area contributed by atoms with Gasteiger partial charge in [0.2, 0.25) is 0 Å². The third-order valence-corrected chi connectivity index (χ3v) is 10.4. The Morgan fingerprint density at radius 2 is 1.64 bits per heavy atom. The molecule has 0 aromatic heterocycles. The molecule has 5 rings (SSSR count). The minimum Gasteiger partial charge on any atom is -0.465 e. The molecule has 0 amide bonds. The number of esters is 3. The lowest BCUT2D eigenvalue weighted by Gasteiger charge is -2.56. The Labute approximate surface area is 213 Å². The van der Waals surface area contributed by atoms with E-state index in [0.29, 0.717) is 12.3 Å². The van der Waals surface area contributed by atoms with E-state index in [2.05, 4.69) is 19.9 Å². The summed E-state index contributed by atoms with van der Waals surface area (Å²) in [6.45, 7) is 9.89. The maximum Gasteiger partial charge on any atom is 0.324 e. The lowest BCUT2D eigenvalue weighted by atomic mass is 9.48. The molecule has 0 bridgehead atoms. The summed E-state index contributed by atoms with van der Waals surface area (Å²) in [5, 5.41) is 0. The van der Waals surface area contributed by atoms with Crippen LogP contribution in [0.5, 0.6) is 0 Å². The van der Waals surface area contributed by atoms with Gasteiger partial charge in [-0.2, -0.15) is 0 Å². The zero-order chi connectivity index (χ0) is 26.0. The summed E-state index contributed by atoms with van der Waals surface area (Å²) in [6, 6.07) is 0. The van der Waals surface area contributed by atoms with Crippen LogP contribution in [0.1, 0.15) is 66.7 Å². The molecular weight excluding hydrogens is 460 g/mol. The Bertz CT molecular complexity index is 1040. The first-order valence-electron chi connectivity index (χ1n) is 13.6. The summed E-state index contributed by atoms with van der Waals surface area (Å²) < 4.78 is 16.7. The number of hydrogen-bond donors (Lipinski definition) is 0. The van der Waals surface area contributed by atoms with Gasteiger partial charge in [0.1, 0.15) is 6.10 Å². The fraction of sp³-hybridized carbons (Fsp3) is 0.724. The van der Waals surface area contributed by atoms with Gasteiger partial charge in [0.15, 0.2) is 11.2 Å². The van der Waals surface area contributed by atoms with E-state index in [0.717, 1.165) is 31.3 Å². The van der Waals surface area contributed by atoms with Gasteiger partial charge in [-0.25, -0.2) is 0 Å². The molecule has 3 fully saturated rings. The van der Waals surface area contributed by atoms with Crippen molar-refractivity contribution in [2.45, 2.75) is 72.8 Å². The topological polar surface area (TPSA) is 96.0 Å². The number of allylic oxidation sites excluding steroid dienone is 4. The Hall–Kier alpha value is -2.44. The largest absolute Gasteiger partial charge is 0.465 e. The van der Waals surface area contributed by atoms with Gasteiger partial charge in [0, 0.05) is 23.2 Å². The van der Waals surface area contributed by atoms with Gasteiger partial charge in [-0.3, -0.25) is 19.2 Å². The van der Waals surface area contributed by atoms with Gasteiger partial charge in [-0.1, -0.05) is 32.9 Å². The molecule has 7 nitrogen and oxygen atoms in total. The van der Waals surface area contributed by atoms with Gasteiger partial charge < -0.3 is 14.2 Å². The van der Waals surface area contributed by atoms with Gasteiger partial charge in [0.05, 0.1) is 19.1 Å². The van der Waals surface area contributed by atoms with Gasteiger partial charge >= 0.3 is 17.9 Å². The Morgan fingerprint density at radius 1 is 0.972 bits per heavy atom. The number of fused-ring (bicyclic) bond motifs is 7. The summed E-state index contributed by atoms with van der Waals surface area (Å²) in [4.78, 5) is 52.1. The van der Waals surface area contributed by atoms with Crippen LogP contribution in [-0.4, -0.2) is 43.0 Å². The van der Waals surface area contributed by atoms with Crippen molar-refractivity contribution in [2.24, 2.45) is 45.8 Å². The minimum absolute atomic E-state index is 0.0891. The summed E-state index contributed by atoms with van der Waals surface area (Å²) in [7, 11) is 0. The normalized spacial score (nSPS) is 41.1. The van der Waals surface area contributed by atoms with Crippen LogP contribution in [0, 0.1) is 45.8 Å². The van der Waals surface area contributed by atoms with Crippen LogP contribution in [0.3, 0.4) is 0 Å². The monoisotopic (exact) mass is 498 g/mol. The maximum absolute atomic E-state index is 13.4. The summed E-state index contributed by atoms with van der Waals surface area (Å²) in [6.07, 6.45) is 9.80. The number of ketones is 1. The second kappa shape index (κ2) is 8.56. The van der Waals surface area contributed by atoms with Crippen LogP contribution in [0.4, 0.5) is 0 Å². The fourth-order valence-electron chi connectivity index (χ4n) is 8.70. The molecule has 7 heteroatoms. The molecule has 0 saturated heterocycles. The smallest absolute Gasteiger partial charge is 0.324 e. The van der Waals surface area contributed by atoms with Crippen LogP contribution in [0.15, 0.2) is 23.8 Å². The first-order valence-corrected chi connectivity index (χ1v) is 13.6. The third kappa shape index (κ3) is 3.10. The van der Waals surface area contributed by atoms with Gasteiger partial charge in [-0.15, -0.1) is 0 Å². The quantitative estimate of drug-likeness (QED) is 0.308. The average Bonchev–Trinajstić information content (AvgIpc) is 3.48. The number of ether oxygens (including phenoxy) is 3. The molecule has 196 valence electrons. The van der Waals surface area contributed by atoms with E-state index in [9.17, 15) is 19.2 Å². The van der Waals surface area contributed by atoms with Crippen molar-refractivity contribution in [2.75, 3.05) is 13.2 Å². The molecule has 0 heterocycles. The van der Waals surface area contributed by atoms with E-state index in [4.69, 9.17) is 14.2 Å². The molecule has 36 heavy (non-hydrogen) atoms. The molecule has 5 aliphatic rings. The molecular formula is C29H38O7. The predicted octanol–water partition coefficient (Wildman–Crippen LogP) is 4.19. The molecule has 5 aliphatic carbocycles. The van der Waals surface area contributed by atoms with Crippen molar-refractivity contribution in [3.8, 4) is 0 Å². The Kier molecular flexibility index (Phi) is 6.00. The van der Waals surface area contributed by atoms with E-state index in [1.807, 2.05) is 13.0 Å². The highest BCUT2D eigenvalue weighted by atomic mass is 16.6. The summed E-state index contributed by atoms with van der Waals surface area (Å²) >= 11 is 0. The second-order valence-electron chi connectivity index (χ2n) is 11.7. The van der Waals surface area contributed by atoms with Crippen molar-refractivity contribution in [1.29, 1.82) is 0 Å². The number of carbonyl (C=O) groups is 4. The van der Waals surface area contributed by atoms with E-state index in [1.54, 1.807) is 19.9 Å². The predicted molar refractivity (Wildman–Crippen MR) is 130 cm³/mol. The van der Waals surface area contributed by atoms with Crippen molar-refractivity contribution in [3.63, 3.8) is 0 Å². The SMILES string of the molecule is CCOC(=O)C1(C(=O)OCC)C2C(=O)C=C3C=CC4C5CCC(OC(=O)CC)C5(C)CCC4C3(C)C21. The van der Waals surface area contributed by atoms with Crippen molar-refractivity contribution in [1.82, 2.24) is 0 Å². The molecule has 3 saturated carbocycles. The number of carbonyl (C=O) groups excluding carboxylic acids is 4. The van der Waals surface area contributed by atoms with Crippen LogP contribution < -0.4 is 0 Å². The van der Waals surface area contributed by atoms with E-state index in [1.165, 1.54) is 0 Å². The molecule has 0 spiro atoms. The molecule has 0 N–H and O–H groups in total. The van der Waals surface area contributed by atoms with Crippen LogP contribution in [0.2, 0.25) is 0 Å². The third-order valence-electron chi connectivity index (χ3n) is 10.4. The van der Waals surface area contributed by atoms with Crippen molar-refractivity contribution >= 4 is 23.7 Å². The van der Waals surface area contributed by atoms with Gasteiger partial charge in [0.25, 0.3) is 0 Å². The Balaban J connectivity index is 1.53. The highest BCUT2D eigenvalue weighted by molar-refractivity contribution is 6.14. The number of hydrogen-bond acceptors (Lipinski definition) is 7. The van der Waals surface area contributed by atoms with Crippen LogP contribution in [-0.2, 0) is 33.4 Å². The maximum atomic E-state index is 13.4. The lowest BCUT2D eigenvalue weighted by molar-refractivity contribution is -0.167. The standard InChI is InChI=1S/C29H38O7/c1-6-22(31)36-21-12-11-18-17-10-9-16-15-20(30)23-24(28(16,5)19(17)13-14-27(18,21)4)29(23,25(32)34-7-2)26(33)35-8-3/h9-10,15,17-19,21,23-24H,6-8,11-14H2,1-5H3. The second-order valence-corrected chi connectivity index (χ2v) is 11.7. The first-order chi connectivity index (χ1) is 17.1. The molecule has 0 aliphatic heterocycles. The van der Waals surface area contributed by atoms with Crippen molar-refractivity contribution < 1.29 is 33.4 Å². The molecule has 0 aromatic rings. The zero-order valence-corrected chi connectivity index (χ0v) is 22.0. The highest BCUT2D eigenvalue weighted by Gasteiger charge is 2.85. The molecule has 0 aromatic carbocycles. The summed E-state index contributed by atoms with van der Waals surface area (Å²) in [5.41, 5.74) is -1.32.